The van der Waals surface area contributed by atoms with Gasteiger partial charge < -0.3 is 4.90 Å². The molecule has 8 nitrogen and oxygen atoms in total. The molecule has 0 bridgehead atoms. The van der Waals surface area contributed by atoms with E-state index in [0.717, 1.165) is 43.0 Å². The van der Waals surface area contributed by atoms with Crippen LogP contribution in [0.1, 0.15) is 39.0 Å². The van der Waals surface area contributed by atoms with Gasteiger partial charge in [0.1, 0.15) is 5.82 Å². The van der Waals surface area contributed by atoms with Crippen LogP contribution in [-0.4, -0.2) is 60.9 Å². The van der Waals surface area contributed by atoms with Gasteiger partial charge in [-0.15, -0.1) is 10.2 Å². The Hall–Kier alpha value is -2.94. The Morgan fingerprint density at radius 1 is 1.16 bits per heavy atom. The molecule has 2 unspecified atom stereocenters. The van der Waals surface area contributed by atoms with Crippen molar-refractivity contribution >= 4 is 5.69 Å². The second kappa shape index (κ2) is 9.05. The standard InChI is InChI=1S/C22H29FN8/c1-14(2)8-17-9-19(23)21(22-26-28-29-27-22)20(10-17)30-11-15(3)31(16(4)12-30)13-18-6-5-7-24-25-18/h5-7,9-10,14-16H,8,11-13H2,1-4H3,(H,26,27,28,29). The smallest absolute Gasteiger partial charge is 0.209 e. The molecule has 0 aliphatic carbocycles. The number of anilines is 1. The third-order valence-corrected chi connectivity index (χ3v) is 5.76. The summed E-state index contributed by atoms with van der Waals surface area (Å²) in [6.45, 7) is 10.9. The Kier molecular flexibility index (Phi) is 6.22. The molecule has 0 spiro atoms. The summed E-state index contributed by atoms with van der Waals surface area (Å²) in [5, 5.41) is 22.4. The quantitative estimate of drug-likeness (QED) is 0.651. The summed E-state index contributed by atoms with van der Waals surface area (Å²) in [5.74, 6) is 0.410. The van der Waals surface area contributed by atoms with Crippen LogP contribution < -0.4 is 4.90 Å². The lowest BCUT2D eigenvalue weighted by Gasteiger charge is -2.45. The minimum Gasteiger partial charge on any atom is -0.368 e. The van der Waals surface area contributed by atoms with Crippen LogP contribution in [0.25, 0.3) is 11.4 Å². The highest BCUT2D eigenvalue weighted by atomic mass is 19.1. The third kappa shape index (κ3) is 4.71. The molecule has 0 amide bonds. The molecule has 1 N–H and O–H groups in total. The SMILES string of the molecule is CC(C)Cc1cc(F)c(-c2nn[nH]n2)c(N2CC(C)N(Cc3cccnn3)C(C)C2)c1. The summed E-state index contributed by atoms with van der Waals surface area (Å²) in [6, 6.07) is 8.10. The second-order valence-electron chi connectivity index (χ2n) is 8.80. The van der Waals surface area contributed by atoms with Gasteiger partial charge in [-0.2, -0.15) is 15.4 Å². The van der Waals surface area contributed by atoms with Gasteiger partial charge in [-0.3, -0.25) is 4.90 Å². The number of benzene rings is 1. The highest BCUT2D eigenvalue weighted by Crippen LogP contribution is 2.35. The highest BCUT2D eigenvalue weighted by Gasteiger charge is 2.32. The Labute approximate surface area is 181 Å². The first-order valence-electron chi connectivity index (χ1n) is 10.8. The van der Waals surface area contributed by atoms with Gasteiger partial charge in [0.25, 0.3) is 0 Å². The van der Waals surface area contributed by atoms with Crippen molar-refractivity contribution in [2.24, 2.45) is 5.92 Å². The molecule has 9 heteroatoms. The summed E-state index contributed by atoms with van der Waals surface area (Å²) < 4.78 is 15.3. The number of tetrazole rings is 1. The molecule has 2 aromatic heterocycles. The van der Waals surface area contributed by atoms with Crippen molar-refractivity contribution < 1.29 is 4.39 Å². The second-order valence-corrected chi connectivity index (χ2v) is 8.80. The van der Waals surface area contributed by atoms with Crippen molar-refractivity contribution in [2.75, 3.05) is 18.0 Å². The Balaban J connectivity index is 1.65. The van der Waals surface area contributed by atoms with Gasteiger partial charge in [0, 0.05) is 37.9 Å². The summed E-state index contributed by atoms with van der Waals surface area (Å²) in [7, 11) is 0. The molecule has 0 saturated carbocycles. The van der Waals surface area contributed by atoms with Crippen molar-refractivity contribution in [3.8, 4) is 11.4 Å². The predicted molar refractivity (Wildman–Crippen MR) is 117 cm³/mol. The van der Waals surface area contributed by atoms with Crippen molar-refractivity contribution in [2.45, 2.75) is 52.7 Å². The lowest BCUT2D eigenvalue weighted by molar-refractivity contribution is 0.121. The number of nitrogens with one attached hydrogen (secondary N) is 1. The lowest BCUT2D eigenvalue weighted by atomic mass is 9.97. The van der Waals surface area contributed by atoms with Crippen molar-refractivity contribution in [3.05, 3.63) is 47.5 Å². The van der Waals surface area contributed by atoms with Crippen LogP contribution in [0.5, 0.6) is 0 Å². The molecule has 1 aliphatic heterocycles. The minimum atomic E-state index is -0.308. The van der Waals surface area contributed by atoms with E-state index in [4.69, 9.17) is 0 Å². The van der Waals surface area contributed by atoms with Crippen LogP contribution in [0.2, 0.25) is 0 Å². The van der Waals surface area contributed by atoms with Crippen molar-refractivity contribution in [1.29, 1.82) is 0 Å². The summed E-state index contributed by atoms with van der Waals surface area (Å²) >= 11 is 0. The van der Waals surface area contributed by atoms with Crippen LogP contribution in [0.3, 0.4) is 0 Å². The first-order valence-corrected chi connectivity index (χ1v) is 10.8. The maximum atomic E-state index is 15.3. The van der Waals surface area contributed by atoms with Gasteiger partial charge in [-0.25, -0.2) is 4.39 Å². The number of piperazine rings is 1. The zero-order chi connectivity index (χ0) is 22.0. The van der Waals surface area contributed by atoms with Gasteiger partial charge in [0.2, 0.25) is 5.82 Å². The Bertz CT molecular complexity index is 980. The van der Waals surface area contributed by atoms with E-state index in [9.17, 15) is 0 Å². The average Bonchev–Trinajstić information content (AvgIpc) is 3.24. The van der Waals surface area contributed by atoms with Crippen molar-refractivity contribution in [1.82, 2.24) is 35.7 Å². The van der Waals surface area contributed by atoms with E-state index in [-0.39, 0.29) is 23.7 Å². The van der Waals surface area contributed by atoms with Crippen LogP contribution in [0, 0.1) is 11.7 Å². The topological polar surface area (TPSA) is 86.7 Å². The number of nitrogens with zero attached hydrogens (tertiary/aromatic N) is 7. The summed E-state index contributed by atoms with van der Waals surface area (Å²) in [6.07, 6.45) is 2.50. The van der Waals surface area contributed by atoms with E-state index in [1.54, 1.807) is 12.3 Å². The highest BCUT2D eigenvalue weighted by molar-refractivity contribution is 5.76. The monoisotopic (exact) mass is 424 g/mol. The van der Waals surface area contributed by atoms with E-state index >= 15 is 4.39 Å². The average molecular weight is 425 g/mol. The van der Waals surface area contributed by atoms with E-state index < -0.39 is 0 Å². The van der Waals surface area contributed by atoms with Crippen LogP contribution >= 0.6 is 0 Å². The maximum absolute atomic E-state index is 15.3. The third-order valence-electron chi connectivity index (χ3n) is 5.76. The van der Waals surface area contributed by atoms with Gasteiger partial charge >= 0.3 is 0 Å². The van der Waals surface area contributed by atoms with Gasteiger partial charge in [-0.1, -0.05) is 13.8 Å². The molecule has 2 atom stereocenters. The van der Waals surface area contributed by atoms with Crippen LogP contribution in [-0.2, 0) is 13.0 Å². The molecule has 1 aliphatic rings. The number of aromatic nitrogens is 6. The van der Waals surface area contributed by atoms with Gasteiger partial charge in [-0.05, 0) is 61.2 Å². The maximum Gasteiger partial charge on any atom is 0.209 e. The zero-order valence-electron chi connectivity index (χ0n) is 18.5. The number of aromatic amines is 1. The number of hydrogen-bond donors (Lipinski definition) is 1. The fourth-order valence-electron chi connectivity index (χ4n) is 4.44. The molecule has 1 aromatic carbocycles. The van der Waals surface area contributed by atoms with Gasteiger partial charge in [0.05, 0.1) is 16.9 Å². The zero-order valence-corrected chi connectivity index (χ0v) is 18.5. The van der Waals surface area contributed by atoms with E-state index in [1.807, 2.05) is 12.1 Å². The largest absolute Gasteiger partial charge is 0.368 e. The molecule has 0 radical (unpaired) electrons. The number of H-pyrrole nitrogens is 1. The minimum absolute atomic E-state index is 0.251. The summed E-state index contributed by atoms with van der Waals surface area (Å²) in [4.78, 5) is 4.67. The normalized spacial score (nSPS) is 19.9. The summed E-state index contributed by atoms with van der Waals surface area (Å²) in [5.41, 5.74) is 3.17. The van der Waals surface area contributed by atoms with E-state index in [1.165, 1.54) is 0 Å². The number of hydrogen-bond acceptors (Lipinski definition) is 7. The fourth-order valence-corrected chi connectivity index (χ4v) is 4.44. The van der Waals surface area contributed by atoms with Crippen LogP contribution in [0.4, 0.5) is 10.1 Å². The number of halogens is 1. The van der Waals surface area contributed by atoms with Crippen molar-refractivity contribution in [3.63, 3.8) is 0 Å². The van der Waals surface area contributed by atoms with E-state index in [2.05, 4.69) is 74.4 Å². The molecule has 3 aromatic rings. The molecular formula is C22H29FN8. The first kappa shape index (κ1) is 21.3. The molecule has 1 saturated heterocycles. The predicted octanol–water partition coefficient (Wildman–Crippen LogP) is 3.09. The van der Waals surface area contributed by atoms with E-state index in [0.29, 0.717) is 11.5 Å². The lowest BCUT2D eigenvalue weighted by Crippen LogP contribution is -2.56. The Morgan fingerprint density at radius 2 is 1.94 bits per heavy atom. The Morgan fingerprint density at radius 3 is 2.55 bits per heavy atom. The molecular weight excluding hydrogens is 395 g/mol. The molecule has 31 heavy (non-hydrogen) atoms. The fraction of sp³-hybridized carbons (Fsp3) is 0.500. The molecule has 4 rings (SSSR count). The molecule has 164 valence electrons. The molecule has 1 fully saturated rings. The van der Waals surface area contributed by atoms with Gasteiger partial charge in [0.15, 0.2) is 0 Å². The first-order chi connectivity index (χ1) is 14.9. The van der Waals surface area contributed by atoms with Crippen LogP contribution in [0.15, 0.2) is 30.5 Å². The molecule has 3 heterocycles. The number of rotatable bonds is 6.